The molecular weight excluding hydrogens is 258 g/mol. The Morgan fingerprint density at radius 2 is 2.26 bits per heavy atom. The van der Waals surface area contributed by atoms with E-state index in [0.29, 0.717) is 29.4 Å². The third-order valence-corrected chi connectivity index (χ3v) is 5.08. The van der Waals surface area contributed by atoms with Crippen LogP contribution in [0.3, 0.4) is 0 Å². The zero-order valence-corrected chi connectivity index (χ0v) is 13.3. The molecule has 1 rings (SSSR count). The Labute approximate surface area is 121 Å². The topological polar surface area (TPSA) is 52.3 Å². The second-order valence-corrected chi connectivity index (χ2v) is 6.83. The molecule has 1 aliphatic rings. The van der Waals surface area contributed by atoms with Crippen LogP contribution in [0.1, 0.15) is 40.5 Å². The van der Waals surface area contributed by atoms with Crippen molar-refractivity contribution in [2.24, 2.45) is 17.6 Å². The number of ether oxygens (including phenoxy) is 1. The molecule has 110 valence electrons. The summed E-state index contributed by atoms with van der Waals surface area (Å²) in [6, 6.07) is -0.506. The fourth-order valence-electron chi connectivity index (χ4n) is 2.46. The first-order valence-electron chi connectivity index (χ1n) is 7.16. The van der Waals surface area contributed by atoms with Crippen LogP contribution in [0.5, 0.6) is 0 Å². The summed E-state index contributed by atoms with van der Waals surface area (Å²) in [5, 5.41) is 0.481. The zero-order chi connectivity index (χ0) is 14.4. The summed E-state index contributed by atoms with van der Waals surface area (Å²) >= 11 is 1.80. The van der Waals surface area contributed by atoms with Gasteiger partial charge in [-0.05, 0) is 38.5 Å². The molecule has 1 aliphatic carbocycles. The van der Waals surface area contributed by atoms with E-state index in [4.69, 9.17) is 10.5 Å². The van der Waals surface area contributed by atoms with Gasteiger partial charge in [0.15, 0.2) is 0 Å². The Bertz CT molecular complexity index is 328. The molecule has 0 aliphatic heterocycles. The molecule has 2 unspecified atom stereocenters. The van der Waals surface area contributed by atoms with Gasteiger partial charge in [0, 0.05) is 11.0 Å². The molecule has 0 bridgehead atoms. The molecule has 0 spiro atoms. The van der Waals surface area contributed by atoms with E-state index in [1.54, 1.807) is 18.7 Å². The maximum Gasteiger partial charge on any atom is 0.323 e. The molecule has 0 amide bonds. The predicted octanol–water partition coefficient (Wildman–Crippen LogP) is 2.99. The normalized spacial score (nSPS) is 25.1. The Kier molecular flexibility index (Phi) is 6.94. The van der Waals surface area contributed by atoms with Crippen molar-refractivity contribution in [1.82, 2.24) is 0 Å². The van der Waals surface area contributed by atoms with Crippen LogP contribution in [0.2, 0.25) is 0 Å². The maximum absolute atomic E-state index is 11.5. The van der Waals surface area contributed by atoms with E-state index in [0.717, 1.165) is 0 Å². The van der Waals surface area contributed by atoms with Crippen LogP contribution in [0, 0.1) is 11.8 Å². The first kappa shape index (κ1) is 16.6. The first-order valence-corrected chi connectivity index (χ1v) is 8.21. The van der Waals surface area contributed by atoms with Gasteiger partial charge in [-0.1, -0.05) is 25.5 Å². The van der Waals surface area contributed by atoms with Crippen LogP contribution in [0.25, 0.3) is 0 Å². The molecular formula is C15H27NO2S. The standard InChI is InChI=1S/C15H27NO2S/c1-5-18-15(17)13(16)9-19-14-8-11(4)6-7-12(14)10(2)3/h8,10,12-14H,5-7,9,16H2,1-4H3/t12?,13-,14?/m0/s1. The number of carbonyl (C=O) groups is 1. The van der Waals surface area contributed by atoms with Gasteiger partial charge in [-0.25, -0.2) is 0 Å². The summed E-state index contributed by atoms with van der Waals surface area (Å²) in [5.74, 6) is 1.70. The second kappa shape index (κ2) is 7.95. The van der Waals surface area contributed by atoms with E-state index in [1.165, 1.54) is 18.4 Å². The van der Waals surface area contributed by atoms with Crippen molar-refractivity contribution in [3.05, 3.63) is 11.6 Å². The van der Waals surface area contributed by atoms with Crippen molar-refractivity contribution in [2.75, 3.05) is 12.4 Å². The summed E-state index contributed by atoms with van der Waals surface area (Å²) in [6.45, 7) is 8.94. The number of hydrogen-bond donors (Lipinski definition) is 1. The van der Waals surface area contributed by atoms with Crippen LogP contribution in [-0.2, 0) is 9.53 Å². The lowest BCUT2D eigenvalue weighted by Gasteiger charge is -2.32. The summed E-state index contributed by atoms with van der Waals surface area (Å²) in [5.41, 5.74) is 7.32. The molecule has 0 heterocycles. The van der Waals surface area contributed by atoms with Gasteiger partial charge in [0.1, 0.15) is 6.04 Å². The molecule has 0 fully saturated rings. The van der Waals surface area contributed by atoms with Gasteiger partial charge in [-0.3, -0.25) is 4.79 Å². The van der Waals surface area contributed by atoms with Crippen LogP contribution in [0.4, 0.5) is 0 Å². The smallest absolute Gasteiger partial charge is 0.323 e. The van der Waals surface area contributed by atoms with Crippen molar-refractivity contribution in [3.63, 3.8) is 0 Å². The molecule has 0 radical (unpaired) electrons. The number of esters is 1. The van der Waals surface area contributed by atoms with Crippen molar-refractivity contribution < 1.29 is 9.53 Å². The Hall–Kier alpha value is -0.480. The number of nitrogens with two attached hydrogens (primary N) is 1. The third-order valence-electron chi connectivity index (χ3n) is 3.66. The monoisotopic (exact) mass is 285 g/mol. The highest BCUT2D eigenvalue weighted by Crippen LogP contribution is 2.36. The summed E-state index contributed by atoms with van der Waals surface area (Å²) in [4.78, 5) is 11.5. The number of thioether (sulfide) groups is 1. The van der Waals surface area contributed by atoms with Crippen molar-refractivity contribution >= 4 is 17.7 Å². The van der Waals surface area contributed by atoms with Gasteiger partial charge in [0.2, 0.25) is 0 Å². The fourth-order valence-corrected chi connectivity index (χ4v) is 4.05. The number of rotatable bonds is 6. The molecule has 3 atom stereocenters. The first-order chi connectivity index (χ1) is 8.95. The van der Waals surface area contributed by atoms with E-state index in [-0.39, 0.29) is 5.97 Å². The van der Waals surface area contributed by atoms with Gasteiger partial charge < -0.3 is 10.5 Å². The minimum atomic E-state index is -0.506. The lowest BCUT2D eigenvalue weighted by molar-refractivity contribution is -0.144. The quantitative estimate of drug-likeness (QED) is 0.602. The summed E-state index contributed by atoms with van der Waals surface area (Å²) in [7, 11) is 0. The fraction of sp³-hybridized carbons (Fsp3) is 0.800. The molecule has 19 heavy (non-hydrogen) atoms. The van der Waals surface area contributed by atoms with Crippen molar-refractivity contribution in [1.29, 1.82) is 0 Å². The third kappa shape index (κ3) is 5.19. The lowest BCUT2D eigenvalue weighted by atomic mass is 9.82. The largest absolute Gasteiger partial charge is 0.465 e. The predicted molar refractivity (Wildman–Crippen MR) is 82.2 cm³/mol. The van der Waals surface area contributed by atoms with Crippen molar-refractivity contribution in [3.8, 4) is 0 Å². The van der Waals surface area contributed by atoms with Crippen LogP contribution in [0.15, 0.2) is 11.6 Å². The molecule has 0 saturated carbocycles. The van der Waals surface area contributed by atoms with E-state index < -0.39 is 6.04 Å². The molecule has 4 heteroatoms. The van der Waals surface area contributed by atoms with Crippen LogP contribution in [-0.4, -0.2) is 29.6 Å². The highest BCUT2D eigenvalue weighted by molar-refractivity contribution is 8.00. The molecule has 0 aromatic rings. The number of carbonyl (C=O) groups excluding carboxylic acids is 1. The molecule has 3 nitrogen and oxygen atoms in total. The van der Waals surface area contributed by atoms with Crippen LogP contribution >= 0.6 is 11.8 Å². The summed E-state index contributed by atoms with van der Waals surface area (Å²) in [6.07, 6.45) is 4.80. The molecule has 0 aromatic carbocycles. The van der Waals surface area contributed by atoms with Gasteiger partial charge in [0.05, 0.1) is 6.61 Å². The van der Waals surface area contributed by atoms with E-state index in [1.807, 2.05) is 0 Å². The average Bonchev–Trinajstić information content (AvgIpc) is 2.35. The van der Waals surface area contributed by atoms with E-state index in [9.17, 15) is 4.79 Å². The number of allylic oxidation sites excluding steroid dienone is 1. The highest BCUT2D eigenvalue weighted by atomic mass is 32.2. The van der Waals surface area contributed by atoms with Gasteiger partial charge in [0.25, 0.3) is 0 Å². The molecule has 0 aromatic heterocycles. The van der Waals surface area contributed by atoms with Crippen LogP contribution < -0.4 is 5.73 Å². The summed E-state index contributed by atoms with van der Waals surface area (Å²) < 4.78 is 4.95. The minimum Gasteiger partial charge on any atom is -0.465 e. The zero-order valence-electron chi connectivity index (χ0n) is 12.5. The number of hydrogen-bond acceptors (Lipinski definition) is 4. The maximum atomic E-state index is 11.5. The van der Waals surface area contributed by atoms with Crippen molar-refractivity contribution in [2.45, 2.75) is 51.8 Å². The SMILES string of the molecule is CCOC(=O)[C@@H](N)CSC1C=C(C)CCC1C(C)C. The average molecular weight is 285 g/mol. The molecule has 2 N–H and O–H groups in total. The highest BCUT2D eigenvalue weighted by Gasteiger charge is 2.27. The minimum absolute atomic E-state index is 0.285. The Balaban J connectivity index is 2.53. The second-order valence-electron chi connectivity index (χ2n) is 5.62. The molecule has 0 saturated heterocycles. The van der Waals surface area contributed by atoms with Gasteiger partial charge in [-0.2, -0.15) is 11.8 Å². The van der Waals surface area contributed by atoms with Gasteiger partial charge >= 0.3 is 5.97 Å². The van der Waals surface area contributed by atoms with E-state index >= 15 is 0 Å². The Morgan fingerprint density at radius 1 is 1.58 bits per heavy atom. The van der Waals surface area contributed by atoms with E-state index in [2.05, 4.69) is 26.8 Å². The Morgan fingerprint density at radius 3 is 2.84 bits per heavy atom. The lowest BCUT2D eigenvalue weighted by Crippen LogP contribution is -2.36. The van der Waals surface area contributed by atoms with Gasteiger partial charge in [-0.15, -0.1) is 0 Å².